The molecule has 0 atom stereocenters. The van der Waals surface area contributed by atoms with Gasteiger partial charge in [-0.2, -0.15) is 0 Å². The van der Waals surface area contributed by atoms with Crippen LogP contribution in [0.4, 0.5) is 11.4 Å². The van der Waals surface area contributed by atoms with Crippen LogP contribution < -0.4 is 21.5 Å². The van der Waals surface area contributed by atoms with Crippen LogP contribution in [0.15, 0.2) is 48.5 Å². The minimum atomic E-state index is -0.669. The monoisotopic (exact) mass is 429 g/mol. The quantitative estimate of drug-likeness (QED) is 0.313. The molecule has 2 rings (SSSR count). The number of nitrogens with zero attached hydrogens (tertiary/aromatic N) is 1. The number of amides is 3. The fourth-order valence-corrected chi connectivity index (χ4v) is 2.45. The Morgan fingerprint density at radius 3 is 2.33 bits per heavy atom. The first kappa shape index (κ1) is 22.4. The number of hydrogen-bond acceptors (Lipinski definition) is 6. The Morgan fingerprint density at radius 1 is 1.00 bits per heavy atom. The summed E-state index contributed by atoms with van der Waals surface area (Å²) in [7, 11) is 0. The standard InChI is InChI=1S/C19H19N5O5S/c1-2-4-16(25)20-14-9-7-12(8-10-14)18(27)22-23-19(30)21-17(26)13-5-3-6-15(11-13)24(28)29/h3,5-11H,2,4H2,1H3,(H,20,25)(H,22,27)(H2,21,23,26,30). The molecule has 0 aromatic heterocycles. The number of carbonyl (C=O) groups excluding carboxylic acids is 3. The fraction of sp³-hybridized carbons (Fsp3) is 0.158. The fourth-order valence-electron chi connectivity index (χ4n) is 2.31. The molecule has 0 saturated heterocycles. The Balaban J connectivity index is 1.86. The normalized spacial score (nSPS) is 9.90. The highest BCUT2D eigenvalue weighted by molar-refractivity contribution is 7.80. The van der Waals surface area contributed by atoms with Crippen LogP contribution in [0.5, 0.6) is 0 Å². The van der Waals surface area contributed by atoms with Crippen molar-refractivity contribution in [2.45, 2.75) is 19.8 Å². The van der Waals surface area contributed by atoms with Gasteiger partial charge < -0.3 is 5.32 Å². The lowest BCUT2D eigenvalue weighted by molar-refractivity contribution is -0.384. The zero-order valence-electron chi connectivity index (χ0n) is 15.9. The maximum absolute atomic E-state index is 12.2. The predicted molar refractivity (Wildman–Crippen MR) is 114 cm³/mol. The van der Waals surface area contributed by atoms with E-state index in [9.17, 15) is 24.5 Å². The number of nitro groups is 1. The number of rotatable bonds is 6. The van der Waals surface area contributed by atoms with Crippen molar-refractivity contribution in [1.82, 2.24) is 16.2 Å². The molecule has 30 heavy (non-hydrogen) atoms. The highest BCUT2D eigenvalue weighted by Gasteiger charge is 2.13. The molecule has 0 aliphatic heterocycles. The number of hydrazine groups is 1. The van der Waals surface area contributed by atoms with Crippen LogP contribution in [0, 0.1) is 10.1 Å². The maximum Gasteiger partial charge on any atom is 0.270 e. The SMILES string of the molecule is CCCC(=O)Nc1ccc(C(=O)NNC(=S)NC(=O)c2cccc([N+](=O)[O-])c2)cc1. The van der Waals surface area contributed by atoms with Gasteiger partial charge in [0.15, 0.2) is 5.11 Å². The number of thiocarbonyl (C=S) groups is 1. The van der Waals surface area contributed by atoms with E-state index < -0.39 is 16.7 Å². The highest BCUT2D eigenvalue weighted by atomic mass is 32.1. The number of nitrogens with one attached hydrogen (secondary N) is 4. The molecule has 0 spiro atoms. The van der Waals surface area contributed by atoms with E-state index in [0.717, 1.165) is 12.5 Å². The van der Waals surface area contributed by atoms with E-state index in [0.29, 0.717) is 17.7 Å². The summed E-state index contributed by atoms with van der Waals surface area (Å²) in [6, 6.07) is 11.3. The summed E-state index contributed by atoms with van der Waals surface area (Å²) in [6.07, 6.45) is 1.14. The maximum atomic E-state index is 12.2. The largest absolute Gasteiger partial charge is 0.326 e. The van der Waals surface area contributed by atoms with E-state index in [1.165, 1.54) is 30.3 Å². The Hall–Kier alpha value is -3.86. The molecule has 0 unspecified atom stereocenters. The van der Waals surface area contributed by atoms with E-state index in [2.05, 4.69) is 21.5 Å². The molecule has 156 valence electrons. The minimum Gasteiger partial charge on any atom is -0.326 e. The predicted octanol–water partition coefficient (Wildman–Crippen LogP) is 2.28. The number of hydrogen-bond donors (Lipinski definition) is 4. The van der Waals surface area contributed by atoms with Gasteiger partial charge in [0.25, 0.3) is 17.5 Å². The summed E-state index contributed by atoms with van der Waals surface area (Å²) in [5.41, 5.74) is 5.38. The lowest BCUT2D eigenvalue weighted by Crippen LogP contribution is -2.48. The first-order valence-electron chi connectivity index (χ1n) is 8.86. The van der Waals surface area contributed by atoms with E-state index in [-0.39, 0.29) is 22.3 Å². The molecule has 2 aromatic carbocycles. The van der Waals surface area contributed by atoms with Crippen LogP contribution in [0.25, 0.3) is 0 Å². The first-order valence-corrected chi connectivity index (χ1v) is 9.27. The van der Waals surface area contributed by atoms with Gasteiger partial charge in [0, 0.05) is 35.4 Å². The molecule has 0 radical (unpaired) electrons. The van der Waals surface area contributed by atoms with Crippen molar-refractivity contribution < 1.29 is 19.3 Å². The van der Waals surface area contributed by atoms with Gasteiger partial charge in [-0.1, -0.05) is 13.0 Å². The van der Waals surface area contributed by atoms with Gasteiger partial charge in [-0.05, 0) is 49.0 Å². The number of benzene rings is 2. The van der Waals surface area contributed by atoms with Crippen LogP contribution in [0.2, 0.25) is 0 Å². The Bertz CT molecular complexity index is 978. The molecule has 0 saturated carbocycles. The van der Waals surface area contributed by atoms with E-state index >= 15 is 0 Å². The first-order chi connectivity index (χ1) is 14.3. The number of anilines is 1. The third kappa shape index (κ3) is 6.63. The average Bonchev–Trinajstić information content (AvgIpc) is 2.72. The van der Waals surface area contributed by atoms with Gasteiger partial charge in [0.05, 0.1) is 4.92 Å². The second kappa shape index (κ2) is 10.6. The topological polar surface area (TPSA) is 142 Å². The Labute approximate surface area is 177 Å². The highest BCUT2D eigenvalue weighted by Crippen LogP contribution is 2.13. The van der Waals surface area contributed by atoms with Crippen LogP contribution in [0.3, 0.4) is 0 Å². The van der Waals surface area contributed by atoms with Gasteiger partial charge in [-0.15, -0.1) is 0 Å². The average molecular weight is 429 g/mol. The zero-order valence-corrected chi connectivity index (χ0v) is 16.7. The molecule has 0 aliphatic rings. The van der Waals surface area contributed by atoms with Crippen molar-refractivity contribution in [2.75, 3.05) is 5.32 Å². The lowest BCUT2D eigenvalue weighted by atomic mass is 10.2. The second-order valence-corrected chi connectivity index (χ2v) is 6.45. The van der Waals surface area contributed by atoms with Gasteiger partial charge in [-0.3, -0.25) is 40.7 Å². The molecule has 0 heterocycles. The molecular weight excluding hydrogens is 410 g/mol. The van der Waals surface area contributed by atoms with Gasteiger partial charge in [-0.25, -0.2) is 0 Å². The van der Waals surface area contributed by atoms with Crippen molar-refractivity contribution in [3.05, 3.63) is 69.8 Å². The van der Waals surface area contributed by atoms with Crippen LogP contribution in [-0.2, 0) is 4.79 Å². The molecule has 0 fully saturated rings. The van der Waals surface area contributed by atoms with Crippen molar-refractivity contribution >= 4 is 46.4 Å². The second-order valence-electron chi connectivity index (χ2n) is 6.05. The van der Waals surface area contributed by atoms with Crippen LogP contribution >= 0.6 is 12.2 Å². The summed E-state index contributed by atoms with van der Waals surface area (Å²) in [5.74, 6) is -1.30. The van der Waals surface area contributed by atoms with Crippen LogP contribution in [0.1, 0.15) is 40.5 Å². The number of nitro benzene ring substituents is 1. The van der Waals surface area contributed by atoms with Crippen molar-refractivity contribution in [1.29, 1.82) is 0 Å². The smallest absolute Gasteiger partial charge is 0.270 e. The van der Waals surface area contributed by atoms with Crippen molar-refractivity contribution in [3.63, 3.8) is 0 Å². The van der Waals surface area contributed by atoms with Crippen molar-refractivity contribution in [3.8, 4) is 0 Å². The lowest BCUT2D eigenvalue weighted by Gasteiger charge is -2.11. The molecule has 0 bridgehead atoms. The summed E-state index contributed by atoms with van der Waals surface area (Å²) in [6.45, 7) is 1.90. The Morgan fingerprint density at radius 2 is 1.70 bits per heavy atom. The minimum absolute atomic E-state index is 0.0420. The van der Waals surface area contributed by atoms with E-state index in [1.54, 1.807) is 12.1 Å². The van der Waals surface area contributed by atoms with Gasteiger partial charge in [0.2, 0.25) is 5.91 Å². The van der Waals surface area contributed by atoms with E-state index in [1.807, 2.05) is 6.92 Å². The molecule has 3 amide bonds. The third-order valence-corrected chi connectivity index (χ3v) is 3.95. The summed E-state index contributed by atoms with van der Waals surface area (Å²) in [5, 5.41) is 15.6. The van der Waals surface area contributed by atoms with Gasteiger partial charge in [0.1, 0.15) is 0 Å². The Kier molecular flexibility index (Phi) is 7.94. The van der Waals surface area contributed by atoms with Crippen LogP contribution in [-0.4, -0.2) is 27.8 Å². The molecule has 10 nitrogen and oxygen atoms in total. The molecule has 4 N–H and O–H groups in total. The number of carbonyl (C=O) groups is 3. The van der Waals surface area contributed by atoms with Gasteiger partial charge >= 0.3 is 0 Å². The molecule has 0 aliphatic carbocycles. The molecular formula is C19H19N5O5S. The third-order valence-electron chi connectivity index (χ3n) is 3.74. The zero-order chi connectivity index (χ0) is 22.1. The summed E-state index contributed by atoms with van der Waals surface area (Å²) in [4.78, 5) is 46.0. The summed E-state index contributed by atoms with van der Waals surface area (Å²) >= 11 is 4.94. The molecule has 11 heteroatoms. The summed E-state index contributed by atoms with van der Waals surface area (Å²) < 4.78 is 0. The molecule has 2 aromatic rings. The number of non-ortho nitro benzene ring substituents is 1. The van der Waals surface area contributed by atoms with Crippen molar-refractivity contribution in [2.24, 2.45) is 0 Å². The van der Waals surface area contributed by atoms with E-state index in [4.69, 9.17) is 12.2 Å².